The maximum atomic E-state index is 12.2. The van der Waals surface area contributed by atoms with Crippen molar-refractivity contribution >= 4 is 10.0 Å². The summed E-state index contributed by atoms with van der Waals surface area (Å²) in [6.07, 6.45) is 3.00. The molecule has 3 N–H and O–H groups in total. The molecule has 1 atom stereocenters. The lowest BCUT2D eigenvalue weighted by molar-refractivity contribution is 0.0200. The maximum absolute atomic E-state index is 12.2. The highest BCUT2D eigenvalue weighted by atomic mass is 32.2. The topological polar surface area (TPSA) is 90.7 Å². The van der Waals surface area contributed by atoms with Crippen LogP contribution < -0.4 is 15.2 Å². The van der Waals surface area contributed by atoms with E-state index in [2.05, 4.69) is 4.72 Å². The van der Waals surface area contributed by atoms with Gasteiger partial charge in [0.05, 0.1) is 11.0 Å². The van der Waals surface area contributed by atoms with E-state index < -0.39 is 10.0 Å². The summed E-state index contributed by atoms with van der Waals surface area (Å²) < 4.78 is 37.8. The number of hydrogen-bond acceptors (Lipinski definition) is 5. The number of hydrogen-bond donors (Lipinski definition) is 2. The molecule has 0 radical (unpaired) electrons. The van der Waals surface area contributed by atoms with E-state index in [1.54, 1.807) is 12.1 Å². The lowest BCUT2D eigenvalue weighted by atomic mass is 10.1. The number of nitrogens with one attached hydrogen (secondary N) is 1. The molecule has 21 heavy (non-hydrogen) atoms. The van der Waals surface area contributed by atoms with Crippen LogP contribution in [0.1, 0.15) is 19.3 Å². The second kappa shape index (κ2) is 7.74. The van der Waals surface area contributed by atoms with E-state index in [0.717, 1.165) is 19.3 Å². The molecule has 1 fully saturated rings. The van der Waals surface area contributed by atoms with Crippen LogP contribution in [0.4, 0.5) is 0 Å². The predicted octanol–water partition coefficient (Wildman–Crippen LogP) is 0.871. The highest BCUT2D eigenvalue weighted by Crippen LogP contribution is 2.17. The molecule has 1 aromatic carbocycles. The largest absolute Gasteiger partial charge is 0.492 e. The molecule has 0 aromatic heterocycles. The molecule has 1 aromatic rings. The molecule has 118 valence electrons. The summed E-state index contributed by atoms with van der Waals surface area (Å²) in [6, 6.07) is 6.30. The second-order valence-electron chi connectivity index (χ2n) is 4.95. The van der Waals surface area contributed by atoms with Crippen LogP contribution in [0.25, 0.3) is 0 Å². The average Bonchev–Trinajstić information content (AvgIpc) is 2.52. The average molecular weight is 314 g/mol. The smallest absolute Gasteiger partial charge is 0.240 e. The van der Waals surface area contributed by atoms with Crippen LogP contribution in [0, 0.1) is 0 Å². The van der Waals surface area contributed by atoms with Crippen molar-refractivity contribution < 1.29 is 17.9 Å². The van der Waals surface area contributed by atoms with Crippen molar-refractivity contribution in [3.63, 3.8) is 0 Å². The number of rotatable bonds is 7. The number of sulfonamides is 1. The molecule has 0 spiro atoms. The van der Waals surface area contributed by atoms with Gasteiger partial charge in [0.25, 0.3) is 0 Å². The fourth-order valence-corrected chi connectivity index (χ4v) is 3.21. The number of nitrogens with two attached hydrogens (primary N) is 1. The summed E-state index contributed by atoms with van der Waals surface area (Å²) in [6.45, 7) is 1.85. The molecule has 0 saturated carbocycles. The van der Waals surface area contributed by atoms with Gasteiger partial charge in [-0.05, 0) is 43.5 Å². The van der Waals surface area contributed by atoms with Crippen molar-refractivity contribution in [2.45, 2.75) is 30.3 Å². The van der Waals surface area contributed by atoms with Gasteiger partial charge in [-0.15, -0.1) is 0 Å². The van der Waals surface area contributed by atoms with Gasteiger partial charge in [-0.25, -0.2) is 13.1 Å². The van der Waals surface area contributed by atoms with Crippen molar-refractivity contribution in [1.82, 2.24) is 4.72 Å². The van der Waals surface area contributed by atoms with E-state index in [-0.39, 0.29) is 11.0 Å². The van der Waals surface area contributed by atoms with Gasteiger partial charge >= 0.3 is 0 Å². The van der Waals surface area contributed by atoms with Crippen LogP contribution in [0.5, 0.6) is 5.75 Å². The van der Waals surface area contributed by atoms with Crippen molar-refractivity contribution in [3.05, 3.63) is 24.3 Å². The monoisotopic (exact) mass is 314 g/mol. The standard InChI is InChI=1S/C14H22N2O4S/c15-8-10-20-12-4-6-14(7-5-12)21(17,18)16-11-13-3-1-2-9-19-13/h4-7,13,16H,1-3,8-11,15H2. The molecule has 1 aliphatic heterocycles. The van der Waals surface area contributed by atoms with E-state index in [0.29, 0.717) is 32.1 Å². The molecular formula is C14H22N2O4S. The third kappa shape index (κ3) is 4.96. The van der Waals surface area contributed by atoms with E-state index in [1.165, 1.54) is 12.1 Å². The van der Waals surface area contributed by atoms with Crippen LogP contribution in [0.3, 0.4) is 0 Å². The van der Waals surface area contributed by atoms with Gasteiger partial charge in [0.1, 0.15) is 12.4 Å². The van der Waals surface area contributed by atoms with Gasteiger partial charge in [0.2, 0.25) is 10.0 Å². The highest BCUT2D eigenvalue weighted by Gasteiger charge is 2.19. The minimum absolute atomic E-state index is 0.0271. The first kappa shape index (κ1) is 16.2. The highest BCUT2D eigenvalue weighted by molar-refractivity contribution is 7.89. The summed E-state index contributed by atoms with van der Waals surface area (Å²) in [7, 11) is -3.51. The Balaban J connectivity index is 1.91. The van der Waals surface area contributed by atoms with E-state index in [9.17, 15) is 8.42 Å². The van der Waals surface area contributed by atoms with Crippen molar-refractivity contribution in [2.75, 3.05) is 26.3 Å². The third-order valence-corrected chi connectivity index (χ3v) is 4.74. The number of benzene rings is 1. The van der Waals surface area contributed by atoms with E-state index in [1.807, 2.05) is 0 Å². The Hall–Kier alpha value is -1.15. The predicted molar refractivity (Wildman–Crippen MR) is 79.8 cm³/mol. The van der Waals surface area contributed by atoms with Crippen LogP contribution in [-0.4, -0.2) is 40.8 Å². The van der Waals surface area contributed by atoms with Gasteiger partial charge in [0.15, 0.2) is 0 Å². The first-order chi connectivity index (χ1) is 10.1. The minimum atomic E-state index is -3.51. The Labute approximate surface area is 125 Å². The Morgan fingerprint density at radius 3 is 2.67 bits per heavy atom. The first-order valence-electron chi connectivity index (χ1n) is 7.16. The minimum Gasteiger partial charge on any atom is -0.492 e. The SMILES string of the molecule is NCCOc1ccc(S(=O)(=O)NCC2CCCCO2)cc1. The molecule has 0 amide bonds. The molecule has 1 aliphatic rings. The molecule has 1 unspecified atom stereocenters. The zero-order chi connectivity index (χ0) is 15.1. The molecule has 2 rings (SSSR count). The van der Waals surface area contributed by atoms with Gasteiger partial charge in [-0.2, -0.15) is 0 Å². The van der Waals surface area contributed by atoms with Gasteiger partial charge in [-0.3, -0.25) is 0 Å². The first-order valence-corrected chi connectivity index (χ1v) is 8.64. The van der Waals surface area contributed by atoms with Crippen LogP contribution in [-0.2, 0) is 14.8 Å². The fraction of sp³-hybridized carbons (Fsp3) is 0.571. The third-order valence-electron chi connectivity index (χ3n) is 3.30. The number of ether oxygens (including phenoxy) is 2. The molecular weight excluding hydrogens is 292 g/mol. The Morgan fingerprint density at radius 1 is 1.29 bits per heavy atom. The molecule has 0 aliphatic carbocycles. The lowest BCUT2D eigenvalue weighted by Gasteiger charge is -2.22. The van der Waals surface area contributed by atoms with E-state index >= 15 is 0 Å². The van der Waals surface area contributed by atoms with Crippen LogP contribution in [0.15, 0.2) is 29.2 Å². The molecule has 1 saturated heterocycles. The Kier molecular flexibility index (Phi) is 5.98. The fourth-order valence-electron chi connectivity index (χ4n) is 2.15. The van der Waals surface area contributed by atoms with Gasteiger partial charge in [-0.1, -0.05) is 0 Å². The zero-order valence-electron chi connectivity index (χ0n) is 12.0. The zero-order valence-corrected chi connectivity index (χ0v) is 12.8. The van der Waals surface area contributed by atoms with Crippen molar-refractivity contribution in [3.8, 4) is 5.75 Å². The summed E-state index contributed by atoms with van der Waals surface area (Å²) in [4.78, 5) is 0.221. The Bertz CT molecular complexity index is 524. The summed E-state index contributed by atoms with van der Waals surface area (Å²) in [5.41, 5.74) is 5.34. The van der Waals surface area contributed by atoms with E-state index in [4.69, 9.17) is 15.2 Å². The normalized spacial score (nSPS) is 19.4. The summed E-state index contributed by atoms with van der Waals surface area (Å²) in [5, 5.41) is 0. The summed E-state index contributed by atoms with van der Waals surface area (Å²) >= 11 is 0. The molecule has 7 heteroatoms. The van der Waals surface area contributed by atoms with Gasteiger partial charge < -0.3 is 15.2 Å². The van der Waals surface area contributed by atoms with Crippen LogP contribution >= 0.6 is 0 Å². The van der Waals surface area contributed by atoms with Crippen LogP contribution in [0.2, 0.25) is 0 Å². The molecule has 0 bridgehead atoms. The van der Waals surface area contributed by atoms with Crippen molar-refractivity contribution in [1.29, 1.82) is 0 Å². The quantitative estimate of drug-likeness (QED) is 0.779. The maximum Gasteiger partial charge on any atom is 0.240 e. The Morgan fingerprint density at radius 2 is 2.05 bits per heavy atom. The second-order valence-corrected chi connectivity index (χ2v) is 6.72. The van der Waals surface area contributed by atoms with Gasteiger partial charge in [0, 0.05) is 19.7 Å². The molecule has 1 heterocycles. The molecule has 6 nitrogen and oxygen atoms in total. The lowest BCUT2D eigenvalue weighted by Crippen LogP contribution is -2.35. The van der Waals surface area contributed by atoms with Crippen molar-refractivity contribution in [2.24, 2.45) is 5.73 Å². The summed E-state index contributed by atoms with van der Waals surface area (Å²) in [5.74, 6) is 0.606.